The quantitative estimate of drug-likeness (QED) is 0.870. The van der Waals surface area contributed by atoms with Crippen LogP contribution >= 0.6 is 0 Å². The highest BCUT2D eigenvalue weighted by Gasteiger charge is 2.29. The Hall–Kier alpha value is -2.41. The van der Waals surface area contributed by atoms with Crippen LogP contribution in [0.25, 0.3) is 0 Å². The molecule has 0 aromatic carbocycles. The zero-order valence-electron chi connectivity index (χ0n) is 15.2. The van der Waals surface area contributed by atoms with E-state index < -0.39 is 0 Å². The van der Waals surface area contributed by atoms with Gasteiger partial charge < -0.3 is 15.0 Å². The molecule has 0 bridgehead atoms. The molecular weight excluding hydrogens is 318 g/mol. The van der Waals surface area contributed by atoms with Gasteiger partial charge in [0.15, 0.2) is 5.69 Å². The standard InChI is InChI=1S/C18H25N5O2/c1-5-23(4)15-9-13(6-7-19-15)10-20-18(24)17-14-8-11(2)25-12(3)16(14)21-22-17/h6-7,9,11-12H,5,8,10H2,1-4H3,(H,20,24)(H,21,22)/t11-,12+/m0/s1. The minimum absolute atomic E-state index is 0.0693. The summed E-state index contributed by atoms with van der Waals surface area (Å²) in [6.45, 7) is 7.37. The first-order valence-corrected chi connectivity index (χ1v) is 8.66. The van der Waals surface area contributed by atoms with Crippen LogP contribution in [0.2, 0.25) is 0 Å². The van der Waals surface area contributed by atoms with Crippen molar-refractivity contribution in [2.75, 3.05) is 18.5 Å². The number of rotatable bonds is 5. The van der Waals surface area contributed by atoms with Gasteiger partial charge in [-0.25, -0.2) is 4.98 Å². The largest absolute Gasteiger partial charge is 0.369 e. The third-order valence-corrected chi connectivity index (χ3v) is 4.58. The normalized spacial score (nSPS) is 19.4. The third-order valence-electron chi connectivity index (χ3n) is 4.58. The molecule has 0 unspecified atom stereocenters. The molecule has 7 heteroatoms. The summed E-state index contributed by atoms with van der Waals surface area (Å²) in [6, 6.07) is 3.90. The maximum absolute atomic E-state index is 12.6. The zero-order chi connectivity index (χ0) is 18.0. The molecule has 2 aromatic heterocycles. The fourth-order valence-electron chi connectivity index (χ4n) is 3.07. The van der Waals surface area contributed by atoms with Gasteiger partial charge in [0.1, 0.15) is 5.82 Å². The molecule has 3 rings (SSSR count). The second kappa shape index (κ2) is 7.23. The van der Waals surface area contributed by atoms with Crippen LogP contribution in [0.4, 0.5) is 5.82 Å². The van der Waals surface area contributed by atoms with E-state index in [4.69, 9.17) is 4.74 Å². The van der Waals surface area contributed by atoms with Gasteiger partial charge in [-0.05, 0) is 38.5 Å². The first-order chi connectivity index (χ1) is 12.0. The first-order valence-electron chi connectivity index (χ1n) is 8.66. The lowest BCUT2D eigenvalue weighted by atomic mass is 9.99. The summed E-state index contributed by atoms with van der Waals surface area (Å²) in [5, 5.41) is 10.1. The van der Waals surface area contributed by atoms with Gasteiger partial charge in [0.2, 0.25) is 0 Å². The molecule has 25 heavy (non-hydrogen) atoms. The number of hydrogen-bond donors (Lipinski definition) is 2. The molecule has 3 heterocycles. The summed E-state index contributed by atoms with van der Waals surface area (Å²) < 4.78 is 5.77. The van der Waals surface area contributed by atoms with E-state index >= 15 is 0 Å². The number of fused-ring (bicyclic) bond motifs is 1. The van der Waals surface area contributed by atoms with E-state index in [1.807, 2.05) is 33.0 Å². The monoisotopic (exact) mass is 343 g/mol. The number of hydrogen-bond acceptors (Lipinski definition) is 5. The number of pyridine rings is 1. The minimum atomic E-state index is -0.166. The third kappa shape index (κ3) is 3.66. The average molecular weight is 343 g/mol. The first kappa shape index (κ1) is 17.4. The van der Waals surface area contributed by atoms with E-state index in [1.54, 1.807) is 6.20 Å². The summed E-state index contributed by atoms with van der Waals surface area (Å²) >= 11 is 0. The molecular formula is C18H25N5O2. The summed E-state index contributed by atoms with van der Waals surface area (Å²) in [7, 11) is 1.99. The zero-order valence-corrected chi connectivity index (χ0v) is 15.2. The Labute approximate surface area is 147 Å². The number of ether oxygens (including phenoxy) is 1. The molecule has 0 radical (unpaired) electrons. The number of carbonyl (C=O) groups excluding carboxylic acids is 1. The molecule has 0 saturated heterocycles. The second-order valence-corrected chi connectivity index (χ2v) is 6.48. The maximum atomic E-state index is 12.6. The molecule has 0 spiro atoms. The molecule has 2 atom stereocenters. The Bertz CT molecular complexity index is 758. The molecule has 2 N–H and O–H groups in total. The SMILES string of the molecule is CCN(C)c1cc(CNC(=O)c2n[nH]c3c2C[C@H](C)O[C@@H]3C)ccn1. The number of anilines is 1. The molecule has 0 fully saturated rings. The highest BCUT2D eigenvalue weighted by Crippen LogP contribution is 2.30. The van der Waals surface area contributed by atoms with E-state index in [9.17, 15) is 4.79 Å². The van der Waals surface area contributed by atoms with Gasteiger partial charge in [0.05, 0.1) is 17.9 Å². The number of carbonyl (C=O) groups is 1. The van der Waals surface area contributed by atoms with Crippen molar-refractivity contribution in [2.24, 2.45) is 0 Å². The lowest BCUT2D eigenvalue weighted by molar-refractivity contribution is -0.00697. The predicted molar refractivity (Wildman–Crippen MR) is 95.6 cm³/mol. The van der Waals surface area contributed by atoms with Crippen LogP contribution in [0.5, 0.6) is 0 Å². The van der Waals surface area contributed by atoms with E-state index in [0.717, 1.165) is 29.2 Å². The van der Waals surface area contributed by atoms with Gasteiger partial charge in [-0.1, -0.05) is 0 Å². The van der Waals surface area contributed by atoms with Crippen LogP contribution < -0.4 is 10.2 Å². The molecule has 0 saturated carbocycles. The van der Waals surface area contributed by atoms with Crippen molar-refractivity contribution < 1.29 is 9.53 Å². The van der Waals surface area contributed by atoms with Crippen LogP contribution in [-0.2, 0) is 17.7 Å². The van der Waals surface area contributed by atoms with Crippen molar-refractivity contribution >= 4 is 11.7 Å². The van der Waals surface area contributed by atoms with Gasteiger partial charge in [-0.15, -0.1) is 0 Å². The molecule has 1 aliphatic rings. The highest BCUT2D eigenvalue weighted by atomic mass is 16.5. The number of aromatic nitrogens is 3. The lowest BCUT2D eigenvalue weighted by Crippen LogP contribution is -2.27. The predicted octanol–water partition coefficient (Wildman–Crippen LogP) is 2.21. The topological polar surface area (TPSA) is 83.1 Å². The summed E-state index contributed by atoms with van der Waals surface area (Å²) in [6.07, 6.45) is 2.47. The average Bonchev–Trinajstić information content (AvgIpc) is 3.03. The van der Waals surface area contributed by atoms with Crippen molar-refractivity contribution in [3.8, 4) is 0 Å². The Morgan fingerprint density at radius 1 is 1.48 bits per heavy atom. The molecule has 0 aliphatic carbocycles. The Kier molecular flexibility index (Phi) is 5.03. The molecule has 1 amide bonds. The highest BCUT2D eigenvalue weighted by molar-refractivity contribution is 5.94. The van der Waals surface area contributed by atoms with Crippen LogP contribution in [0.15, 0.2) is 18.3 Å². The second-order valence-electron chi connectivity index (χ2n) is 6.48. The van der Waals surface area contributed by atoms with Crippen molar-refractivity contribution in [3.05, 3.63) is 40.8 Å². The van der Waals surface area contributed by atoms with E-state index in [0.29, 0.717) is 18.7 Å². The van der Waals surface area contributed by atoms with Gasteiger partial charge in [0.25, 0.3) is 5.91 Å². The molecule has 7 nitrogen and oxygen atoms in total. The van der Waals surface area contributed by atoms with Crippen LogP contribution in [0.1, 0.15) is 54.2 Å². The molecule has 1 aliphatic heterocycles. The Morgan fingerprint density at radius 2 is 2.28 bits per heavy atom. The molecule has 134 valence electrons. The lowest BCUT2D eigenvalue weighted by Gasteiger charge is -2.25. The van der Waals surface area contributed by atoms with Crippen molar-refractivity contribution in [1.82, 2.24) is 20.5 Å². The summed E-state index contributed by atoms with van der Waals surface area (Å²) in [4.78, 5) is 19.0. The van der Waals surface area contributed by atoms with E-state index in [2.05, 4.69) is 32.3 Å². The van der Waals surface area contributed by atoms with Gasteiger partial charge in [0, 0.05) is 38.3 Å². The number of amides is 1. The Balaban J connectivity index is 1.70. The fourth-order valence-corrected chi connectivity index (χ4v) is 3.07. The fraction of sp³-hybridized carbons (Fsp3) is 0.500. The summed E-state index contributed by atoms with van der Waals surface area (Å²) in [5.74, 6) is 0.729. The van der Waals surface area contributed by atoms with Crippen molar-refractivity contribution in [1.29, 1.82) is 0 Å². The number of nitrogens with one attached hydrogen (secondary N) is 2. The van der Waals surface area contributed by atoms with Crippen molar-refractivity contribution in [3.63, 3.8) is 0 Å². The Morgan fingerprint density at radius 3 is 3.04 bits per heavy atom. The van der Waals surface area contributed by atoms with E-state index in [-0.39, 0.29) is 18.1 Å². The van der Waals surface area contributed by atoms with Crippen LogP contribution in [0, 0.1) is 0 Å². The number of nitrogens with zero attached hydrogens (tertiary/aromatic N) is 3. The van der Waals surface area contributed by atoms with Gasteiger partial charge in [-0.2, -0.15) is 5.10 Å². The van der Waals surface area contributed by atoms with Crippen LogP contribution in [0.3, 0.4) is 0 Å². The van der Waals surface area contributed by atoms with Gasteiger partial charge >= 0.3 is 0 Å². The molecule has 2 aromatic rings. The summed E-state index contributed by atoms with van der Waals surface area (Å²) in [5.41, 5.74) is 3.34. The van der Waals surface area contributed by atoms with Gasteiger partial charge in [-0.3, -0.25) is 9.89 Å². The number of aromatic amines is 1. The maximum Gasteiger partial charge on any atom is 0.272 e. The minimum Gasteiger partial charge on any atom is -0.369 e. The van der Waals surface area contributed by atoms with Crippen molar-refractivity contribution in [2.45, 2.75) is 45.9 Å². The van der Waals surface area contributed by atoms with Crippen LogP contribution in [-0.4, -0.2) is 40.8 Å². The smallest absolute Gasteiger partial charge is 0.272 e. The number of H-pyrrole nitrogens is 1. The van der Waals surface area contributed by atoms with E-state index in [1.165, 1.54) is 0 Å².